The van der Waals surface area contributed by atoms with Crippen LogP contribution in [-0.4, -0.2) is 6.54 Å². The van der Waals surface area contributed by atoms with Gasteiger partial charge in [-0.05, 0) is 43.9 Å². The number of rotatable bonds is 6. The zero-order chi connectivity index (χ0) is 12.0. The third kappa shape index (κ3) is 3.27. The van der Waals surface area contributed by atoms with Crippen molar-refractivity contribution in [1.82, 2.24) is 0 Å². The molecule has 0 aliphatic rings. The van der Waals surface area contributed by atoms with E-state index in [-0.39, 0.29) is 11.5 Å². The van der Waals surface area contributed by atoms with E-state index in [4.69, 9.17) is 5.73 Å². The van der Waals surface area contributed by atoms with Crippen LogP contribution in [0.5, 0.6) is 0 Å². The summed E-state index contributed by atoms with van der Waals surface area (Å²) in [6.45, 7) is 2.59. The Balaban J connectivity index is 2.90. The van der Waals surface area contributed by atoms with Gasteiger partial charge in [-0.2, -0.15) is 0 Å². The van der Waals surface area contributed by atoms with Gasteiger partial charge >= 0.3 is 0 Å². The summed E-state index contributed by atoms with van der Waals surface area (Å²) in [5, 5.41) is 0. The topological polar surface area (TPSA) is 26.0 Å². The lowest BCUT2D eigenvalue weighted by molar-refractivity contribution is 0.477. The molecule has 90 valence electrons. The molecule has 0 aromatic heterocycles. The van der Waals surface area contributed by atoms with E-state index in [0.29, 0.717) is 6.54 Å². The minimum Gasteiger partial charge on any atom is -0.330 e. The van der Waals surface area contributed by atoms with E-state index < -0.39 is 11.6 Å². The first-order valence-electron chi connectivity index (χ1n) is 5.84. The van der Waals surface area contributed by atoms with Crippen molar-refractivity contribution in [2.75, 3.05) is 6.54 Å². The van der Waals surface area contributed by atoms with Crippen molar-refractivity contribution >= 4 is 0 Å². The molecule has 1 unspecified atom stereocenters. The summed E-state index contributed by atoms with van der Waals surface area (Å²) in [6.07, 6.45) is 3.28. The van der Waals surface area contributed by atoms with Crippen LogP contribution in [0.1, 0.15) is 44.1 Å². The second-order valence-corrected chi connectivity index (χ2v) is 4.05. The summed E-state index contributed by atoms with van der Waals surface area (Å²) < 4.78 is 27.2. The van der Waals surface area contributed by atoms with E-state index in [1.54, 1.807) is 0 Å². The van der Waals surface area contributed by atoms with Gasteiger partial charge < -0.3 is 5.73 Å². The van der Waals surface area contributed by atoms with Gasteiger partial charge in [-0.1, -0.05) is 19.4 Å². The highest BCUT2D eigenvalue weighted by Crippen LogP contribution is 2.30. The van der Waals surface area contributed by atoms with Gasteiger partial charge in [-0.15, -0.1) is 0 Å². The van der Waals surface area contributed by atoms with Crippen LogP contribution in [0.3, 0.4) is 0 Å². The van der Waals surface area contributed by atoms with Crippen molar-refractivity contribution in [3.05, 3.63) is 35.4 Å². The van der Waals surface area contributed by atoms with Crippen LogP contribution in [0.4, 0.5) is 8.78 Å². The maximum absolute atomic E-state index is 13.6. The van der Waals surface area contributed by atoms with Crippen LogP contribution >= 0.6 is 0 Å². The molecule has 0 amide bonds. The van der Waals surface area contributed by atoms with E-state index in [1.807, 2.05) is 6.92 Å². The fraction of sp³-hybridized carbons (Fsp3) is 0.538. The molecule has 0 fully saturated rings. The van der Waals surface area contributed by atoms with Crippen molar-refractivity contribution in [3.63, 3.8) is 0 Å². The zero-order valence-corrected chi connectivity index (χ0v) is 9.68. The molecule has 0 radical (unpaired) electrons. The molecule has 3 heteroatoms. The first-order chi connectivity index (χ1) is 7.70. The summed E-state index contributed by atoms with van der Waals surface area (Å²) in [4.78, 5) is 0. The van der Waals surface area contributed by atoms with Crippen LogP contribution in [-0.2, 0) is 0 Å². The number of nitrogens with two attached hydrogens (primary N) is 1. The molecule has 2 N–H and O–H groups in total. The minimum atomic E-state index is -0.435. The Morgan fingerprint density at radius 1 is 1.19 bits per heavy atom. The van der Waals surface area contributed by atoms with Crippen molar-refractivity contribution < 1.29 is 8.78 Å². The molecular weight excluding hydrogens is 208 g/mol. The predicted octanol–water partition coefficient (Wildman–Crippen LogP) is 3.59. The third-order valence-electron chi connectivity index (χ3n) is 2.80. The molecule has 1 aromatic carbocycles. The molecule has 0 aliphatic heterocycles. The third-order valence-corrected chi connectivity index (χ3v) is 2.80. The maximum atomic E-state index is 13.6. The van der Waals surface area contributed by atoms with Gasteiger partial charge in [0.2, 0.25) is 0 Å². The second-order valence-electron chi connectivity index (χ2n) is 4.05. The maximum Gasteiger partial charge on any atom is 0.129 e. The van der Waals surface area contributed by atoms with Crippen LogP contribution in [0.2, 0.25) is 0 Å². The van der Waals surface area contributed by atoms with Crippen molar-refractivity contribution in [1.29, 1.82) is 0 Å². The smallest absolute Gasteiger partial charge is 0.129 e. The molecule has 1 atom stereocenters. The molecule has 1 nitrogen and oxygen atoms in total. The molecule has 0 saturated carbocycles. The van der Waals surface area contributed by atoms with E-state index in [9.17, 15) is 8.78 Å². The molecule has 0 aliphatic carbocycles. The summed E-state index contributed by atoms with van der Waals surface area (Å²) in [7, 11) is 0. The Kier molecular flexibility index (Phi) is 5.39. The molecule has 1 rings (SSSR count). The van der Waals surface area contributed by atoms with Gasteiger partial charge in [0.1, 0.15) is 11.6 Å². The number of hydrogen-bond acceptors (Lipinski definition) is 1. The lowest BCUT2D eigenvalue weighted by Crippen LogP contribution is -2.08. The summed E-state index contributed by atoms with van der Waals surface area (Å²) in [5.41, 5.74) is 5.67. The Morgan fingerprint density at radius 2 is 1.81 bits per heavy atom. The first kappa shape index (κ1) is 13.1. The van der Waals surface area contributed by atoms with Crippen molar-refractivity contribution in [3.8, 4) is 0 Å². The zero-order valence-electron chi connectivity index (χ0n) is 9.68. The monoisotopic (exact) mass is 227 g/mol. The van der Waals surface area contributed by atoms with E-state index in [0.717, 1.165) is 25.7 Å². The van der Waals surface area contributed by atoms with Crippen LogP contribution in [0, 0.1) is 11.6 Å². The quantitative estimate of drug-likeness (QED) is 0.789. The average molecular weight is 227 g/mol. The van der Waals surface area contributed by atoms with Gasteiger partial charge in [-0.3, -0.25) is 0 Å². The lowest BCUT2D eigenvalue weighted by atomic mass is 9.89. The fourth-order valence-corrected chi connectivity index (χ4v) is 2.05. The van der Waals surface area contributed by atoms with Crippen LogP contribution < -0.4 is 5.73 Å². The molecule has 0 bridgehead atoms. The highest BCUT2D eigenvalue weighted by Gasteiger charge is 2.18. The van der Waals surface area contributed by atoms with Crippen molar-refractivity contribution in [2.24, 2.45) is 5.73 Å². The Morgan fingerprint density at radius 3 is 2.31 bits per heavy atom. The molecule has 1 aromatic rings. The normalized spacial score (nSPS) is 12.8. The molecule has 0 saturated heterocycles. The fourth-order valence-electron chi connectivity index (χ4n) is 2.05. The highest BCUT2D eigenvalue weighted by atomic mass is 19.1. The summed E-state index contributed by atoms with van der Waals surface area (Å²) >= 11 is 0. The van der Waals surface area contributed by atoms with Gasteiger partial charge in [0, 0.05) is 5.56 Å². The van der Waals surface area contributed by atoms with E-state index in [1.165, 1.54) is 18.2 Å². The molecule has 16 heavy (non-hydrogen) atoms. The Bertz CT molecular complexity index is 305. The van der Waals surface area contributed by atoms with Crippen LogP contribution in [0.15, 0.2) is 18.2 Å². The SMILES string of the molecule is CCCC(CCCN)c1c(F)cccc1F. The summed E-state index contributed by atoms with van der Waals surface area (Å²) in [5.74, 6) is -0.916. The number of hydrogen-bond donors (Lipinski definition) is 1. The summed E-state index contributed by atoms with van der Waals surface area (Å²) in [6, 6.07) is 4.05. The Hall–Kier alpha value is -0.960. The molecule has 0 heterocycles. The van der Waals surface area contributed by atoms with Gasteiger partial charge in [0.15, 0.2) is 0 Å². The number of benzene rings is 1. The largest absolute Gasteiger partial charge is 0.330 e. The lowest BCUT2D eigenvalue weighted by Gasteiger charge is -2.17. The van der Waals surface area contributed by atoms with Crippen LogP contribution in [0.25, 0.3) is 0 Å². The predicted molar refractivity (Wildman–Crippen MR) is 62.3 cm³/mol. The first-order valence-corrected chi connectivity index (χ1v) is 5.84. The minimum absolute atomic E-state index is 0.0465. The van der Waals surface area contributed by atoms with E-state index in [2.05, 4.69) is 0 Å². The molecule has 0 spiro atoms. The van der Waals surface area contributed by atoms with Gasteiger partial charge in [0.05, 0.1) is 0 Å². The highest BCUT2D eigenvalue weighted by molar-refractivity contribution is 5.23. The molecular formula is C13H19F2N. The van der Waals surface area contributed by atoms with Gasteiger partial charge in [0.25, 0.3) is 0 Å². The van der Waals surface area contributed by atoms with Crippen molar-refractivity contribution in [2.45, 2.75) is 38.5 Å². The second kappa shape index (κ2) is 6.59. The average Bonchev–Trinajstić information content (AvgIpc) is 2.25. The standard InChI is InChI=1S/C13H19F2N/c1-2-5-10(6-4-9-16)13-11(14)7-3-8-12(13)15/h3,7-8,10H,2,4-6,9,16H2,1H3. The Labute approximate surface area is 95.7 Å². The van der Waals surface area contributed by atoms with E-state index >= 15 is 0 Å². The number of halogens is 2. The van der Waals surface area contributed by atoms with Gasteiger partial charge in [-0.25, -0.2) is 8.78 Å².